The number of rotatable bonds is 4. The first-order valence-electron chi connectivity index (χ1n) is 6.81. The fourth-order valence-electron chi connectivity index (χ4n) is 1.76. The largest absolute Gasteiger partial charge is 0.360 e. The maximum absolute atomic E-state index is 13.8. The molecule has 0 unspecified atom stereocenters. The Morgan fingerprint density at radius 1 is 1.05 bits per heavy atom. The predicted molar refractivity (Wildman–Crippen MR) is 78.9 cm³/mol. The molecule has 0 N–H and O–H groups in total. The second kappa shape index (κ2) is 5.90. The summed E-state index contributed by atoms with van der Waals surface area (Å²) in [6.07, 6.45) is 0.265. The normalized spacial score (nSPS) is 12.4. The van der Waals surface area contributed by atoms with Gasteiger partial charge in [-0.25, -0.2) is 0 Å². The number of aromatic nitrogens is 1. The van der Waals surface area contributed by atoms with Gasteiger partial charge in [-0.3, -0.25) is 4.98 Å². The summed E-state index contributed by atoms with van der Waals surface area (Å²) in [6.45, 7) is 4.25. The molecule has 4 heteroatoms. The smallest absolute Gasteiger partial charge is 0.315 e. The van der Waals surface area contributed by atoms with Crippen molar-refractivity contribution in [2.75, 3.05) is 0 Å². The lowest BCUT2D eigenvalue weighted by atomic mass is 9.95. The maximum Gasteiger partial charge on any atom is 0.360 e. The van der Waals surface area contributed by atoms with Gasteiger partial charge >= 0.3 is 6.11 Å². The van der Waals surface area contributed by atoms with E-state index in [4.69, 9.17) is 4.74 Å². The van der Waals surface area contributed by atoms with E-state index in [1.165, 1.54) is 20.8 Å². The van der Waals surface area contributed by atoms with Crippen molar-refractivity contribution in [3.05, 3.63) is 54.4 Å². The molecule has 0 aliphatic rings. The Bertz CT molecular complexity index is 591. The van der Waals surface area contributed by atoms with E-state index in [9.17, 15) is 8.78 Å². The number of hydrogen-bond acceptors (Lipinski definition) is 2. The summed E-state index contributed by atoms with van der Waals surface area (Å²) in [7, 11) is 0. The highest BCUT2D eigenvalue weighted by Crippen LogP contribution is 2.37. The molecule has 2 rings (SSSR count). The average Bonchev–Trinajstić information content (AvgIpc) is 2.45. The van der Waals surface area contributed by atoms with Gasteiger partial charge in [0, 0.05) is 12.4 Å². The van der Waals surface area contributed by atoms with Gasteiger partial charge in [-0.15, -0.1) is 0 Å². The first kappa shape index (κ1) is 15.6. The van der Waals surface area contributed by atoms with Crippen LogP contribution in [-0.2, 0) is 11.3 Å². The number of halogens is 2. The van der Waals surface area contributed by atoms with Gasteiger partial charge in [-0.1, -0.05) is 45.0 Å². The third-order valence-electron chi connectivity index (χ3n) is 3.22. The molecule has 0 aliphatic heterocycles. The summed E-state index contributed by atoms with van der Waals surface area (Å²) in [4.78, 5) is 4.06. The van der Waals surface area contributed by atoms with E-state index in [1.807, 2.05) is 30.3 Å². The topological polar surface area (TPSA) is 22.1 Å². The second-order valence-corrected chi connectivity index (χ2v) is 6.00. The number of nitrogens with zero attached hydrogens (tertiary/aromatic N) is 1. The molecule has 1 heterocycles. The average molecular weight is 291 g/mol. The summed E-state index contributed by atoms with van der Waals surface area (Å²) in [6, 6.07) is 11.1. The molecule has 2 nitrogen and oxygen atoms in total. The summed E-state index contributed by atoms with van der Waals surface area (Å²) in [5.74, 6) is 0. The van der Waals surface area contributed by atoms with Gasteiger partial charge in [0.05, 0.1) is 12.0 Å². The predicted octanol–water partition coefficient (Wildman–Crippen LogP) is 4.90. The zero-order valence-corrected chi connectivity index (χ0v) is 12.4. The minimum atomic E-state index is -3.17. The van der Waals surface area contributed by atoms with E-state index in [1.54, 1.807) is 18.5 Å². The van der Waals surface area contributed by atoms with Gasteiger partial charge < -0.3 is 4.74 Å². The SMILES string of the molecule is CC(C)(C)C(F)(F)OCc1cccc(-c2cccnc2)c1. The van der Waals surface area contributed by atoms with Crippen LogP contribution in [0.1, 0.15) is 26.3 Å². The quantitative estimate of drug-likeness (QED) is 0.799. The van der Waals surface area contributed by atoms with E-state index in [0.29, 0.717) is 5.56 Å². The van der Waals surface area contributed by atoms with Gasteiger partial charge in [0.25, 0.3) is 0 Å². The van der Waals surface area contributed by atoms with E-state index in [0.717, 1.165) is 11.1 Å². The molecule has 1 aromatic heterocycles. The molecule has 0 saturated carbocycles. The standard InChI is InChI=1S/C17H19F2NO/c1-16(2,3)17(18,19)21-12-13-6-4-7-14(10-13)15-8-5-9-20-11-15/h4-11H,12H2,1-3H3. The molecule has 0 radical (unpaired) electrons. The second-order valence-electron chi connectivity index (χ2n) is 6.00. The number of hydrogen-bond donors (Lipinski definition) is 0. The van der Waals surface area contributed by atoms with Crippen LogP contribution < -0.4 is 0 Å². The van der Waals surface area contributed by atoms with Crippen molar-refractivity contribution in [1.29, 1.82) is 0 Å². The lowest BCUT2D eigenvalue weighted by molar-refractivity contribution is -0.300. The van der Waals surface area contributed by atoms with Crippen LogP contribution in [0.4, 0.5) is 8.78 Å². The van der Waals surface area contributed by atoms with E-state index < -0.39 is 11.5 Å². The highest BCUT2D eigenvalue weighted by atomic mass is 19.3. The molecule has 1 aromatic carbocycles. The Labute approximate surface area is 123 Å². The van der Waals surface area contributed by atoms with E-state index in [2.05, 4.69) is 4.98 Å². The van der Waals surface area contributed by atoms with Gasteiger partial charge in [0.2, 0.25) is 0 Å². The zero-order chi connectivity index (χ0) is 15.5. The summed E-state index contributed by atoms with van der Waals surface area (Å²) in [5, 5.41) is 0. The van der Waals surface area contributed by atoms with Crippen molar-refractivity contribution in [2.45, 2.75) is 33.5 Å². The van der Waals surface area contributed by atoms with Crippen LogP contribution in [0.5, 0.6) is 0 Å². The van der Waals surface area contributed by atoms with Gasteiger partial charge in [0.15, 0.2) is 0 Å². The molecule has 0 fully saturated rings. The van der Waals surface area contributed by atoms with Gasteiger partial charge in [-0.2, -0.15) is 8.78 Å². The molecule has 0 aliphatic carbocycles. The number of benzene rings is 1. The first-order valence-corrected chi connectivity index (χ1v) is 6.81. The van der Waals surface area contributed by atoms with Crippen LogP contribution in [0.15, 0.2) is 48.8 Å². The minimum Gasteiger partial charge on any atom is -0.315 e. The molecule has 0 atom stereocenters. The summed E-state index contributed by atoms with van der Waals surface area (Å²) >= 11 is 0. The Balaban J connectivity index is 2.13. The molecule has 21 heavy (non-hydrogen) atoms. The third-order valence-corrected chi connectivity index (χ3v) is 3.22. The third kappa shape index (κ3) is 3.85. The Morgan fingerprint density at radius 2 is 1.76 bits per heavy atom. The van der Waals surface area contributed by atoms with Crippen molar-refractivity contribution in [3.63, 3.8) is 0 Å². The van der Waals surface area contributed by atoms with Crippen molar-refractivity contribution in [1.82, 2.24) is 4.98 Å². The van der Waals surface area contributed by atoms with Crippen molar-refractivity contribution in [3.8, 4) is 11.1 Å². The monoisotopic (exact) mass is 291 g/mol. The Hall–Kier alpha value is -1.81. The van der Waals surface area contributed by atoms with Crippen LogP contribution in [0, 0.1) is 5.41 Å². The lowest BCUT2D eigenvalue weighted by Gasteiger charge is -2.29. The highest BCUT2D eigenvalue weighted by molar-refractivity contribution is 5.62. The molecular formula is C17H19F2NO. The Kier molecular flexibility index (Phi) is 4.37. The van der Waals surface area contributed by atoms with Crippen LogP contribution in [-0.4, -0.2) is 11.1 Å². The highest BCUT2D eigenvalue weighted by Gasteiger charge is 2.44. The summed E-state index contributed by atoms with van der Waals surface area (Å²) in [5.41, 5.74) is 1.36. The van der Waals surface area contributed by atoms with E-state index >= 15 is 0 Å². The maximum atomic E-state index is 13.8. The van der Waals surface area contributed by atoms with Crippen molar-refractivity contribution < 1.29 is 13.5 Å². The Morgan fingerprint density at radius 3 is 2.38 bits per heavy atom. The summed E-state index contributed by atoms with van der Waals surface area (Å²) < 4.78 is 32.4. The van der Waals surface area contributed by atoms with Gasteiger partial charge in [-0.05, 0) is 28.8 Å². The fraction of sp³-hybridized carbons (Fsp3) is 0.353. The zero-order valence-electron chi connectivity index (χ0n) is 12.4. The van der Waals surface area contributed by atoms with Gasteiger partial charge in [0.1, 0.15) is 0 Å². The number of ether oxygens (including phenoxy) is 1. The molecule has 0 spiro atoms. The first-order chi connectivity index (χ1) is 9.79. The number of alkyl halides is 2. The molecular weight excluding hydrogens is 272 g/mol. The van der Waals surface area contributed by atoms with Crippen LogP contribution in [0.2, 0.25) is 0 Å². The molecule has 0 bridgehead atoms. The lowest BCUT2D eigenvalue weighted by Crippen LogP contribution is -2.36. The molecule has 2 aromatic rings. The van der Waals surface area contributed by atoms with Crippen LogP contribution >= 0.6 is 0 Å². The molecule has 112 valence electrons. The van der Waals surface area contributed by atoms with Crippen LogP contribution in [0.3, 0.4) is 0 Å². The molecule has 0 amide bonds. The minimum absolute atomic E-state index is 0.127. The van der Waals surface area contributed by atoms with Crippen LogP contribution in [0.25, 0.3) is 11.1 Å². The number of pyridine rings is 1. The van der Waals surface area contributed by atoms with E-state index in [-0.39, 0.29) is 6.61 Å². The van der Waals surface area contributed by atoms with Crippen molar-refractivity contribution >= 4 is 0 Å². The van der Waals surface area contributed by atoms with Crippen molar-refractivity contribution in [2.24, 2.45) is 5.41 Å². The fourth-order valence-corrected chi connectivity index (χ4v) is 1.76. The molecule has 0 saturated heterocycles.